The number of amides is 1. The highest BCUT2D eigenvalue weighted by Gasteiger charge is 2.19. The summed E-state index contributed by atoms with van der Waals surface area (Å²) in [5.74, 6) is -0.426. The fourth-order valence-corrected chi connectivity index (χ4v) is 4.20. The molecule has 5 aromatic rings. The lowest BCUT2D eigenvalue weighted by atomic mass is 9.88. The lowest BCUT2D eigenvalue weighted by Gasteiger charge is -2.18. The van der Waals surface area contributed by atoms with E-state index in [0.29, 0.717) is 11.0 Å². The standard InChI is InChI=1S/C28H25N5O2/c1-19-13-14-23(15-20(19)2)33-27-25(17-30-33)28(35)32(18-29-27)31-26(34)16-24(21-9-5-3-6-10-21)22-11-7-4-8-12-22/h3-15,17-18,24H,16H2,1-2H3,(H,31,34). The molecule has 0 saturated heterocycles. The van der Waals surface area contributed by atoms with Crippen LogP contribution in [0.2, 0.25) is 0 Å². The Hall–Kier alpha value is -4.52. The van der Waals surface area contributed by atoms with Crippen molar-refractivity contribution >= 4 is 16.9 Å². The van der Waals surface area contributed by atoms with Crippen LogP contribution in [0.15, 0.2) is 96.2 Å². The van der Waals surface area contributed by atoms with Crippen LogP contribution in [-0.2, 0) is 4.79 Å². The zero-order chi connectivity index (χ0) is 24.4. The summed E-state index contributed by atoms with van der Waals surface area (Å²) >= 11 is 0. The lowest BCUT2D eigenvalue weighted by molar-refractivity contribution is -0.117. The van der Waals surface area contributed by atoms with Crippen molar-refractivity contribution in [3.63, 3.8) is 0 Å². The molecule has 3 aromatic carbocycles. The van der Waals surface area contributed by atoms with E-state index in [0.717, 1.165) is 27.1 Å². The average molecular weight is 464 g/mol. The molecule has 0 saturated carbocycles. The molecule has 35 heavy (non-hydrogen) atoms. The monoisotopic (exact) mass is 463 g/mol. The molecular formula is C28H25N5O2. The molecule has 0 aliphatic heterocycles. The minimum absolute atomic E-state index is 0.141. The van der Waals surface area contributed by atoms with Crippen LogP contribution in [0.25, 0.3) is 16.7 Å². The fraction of sp³-hybridized carbons (Fsp3) is 0.143. The molecule has 0 radical (unpaired) electrons. The van der Waals surface area contributed by atoms with Crippen LogP contribution < -0.4 is 11.0 Å². The minimum atomic E-state index is -0.380. The third-order valence-corrected chi connectivity index (χ3v) is 6.26. The Morgan fingerprint density at radius 2 is 1.57 bits per heavy atom. The summed E-state index contributed by atoms with van der Waals surface area (Å²) in [5.41, 5.74) is 7.95. The highest BCUT2D eigenvalue weighted by Crippen LogP contribution is 2.27. The van der Waals surface area contributed by atoms with Gasteiger partial charge < -0.3 is 0 Å². The Kier molecular flexibility index (Phi) is 5.97. The van der Waals surface area contributed by atoms with E-state index in [1.807, 2.05) is 92.7 Å². The average Bonchev–Trinajstić information content (AvgIpc) is 3.32. The molecule has 174 valence electrons. The maximum absolute atomic E-state index is 13.1. The number of nitrogens with one attached hydrogen (secondary N) is 1. The normalized spacial score (nSPS) is 11.2. The minimum Gasteiger partial charge on any atom is -0.273 e. The van der Waals surface area contributed by atoms with Crippen molar-refractivity contribution in [2.24, 2.45) is 0 Å². The molecule has 2 heterocycles. The van der Waals surface area contributed by atoms with E-state index in [4.69, 9.17) is 0 Å². The highest BCUT2D eigenvalue weighted by molar-refractivity contribution is 5.85. The van der Waals surface area contributed by atoms with E-state index in [1.165, 1.54) is 18.1 Å². The number of aryl methyl sites for hydroxylation is 2. The molecule has 0 atom stereocenters. The van der Waals surface area contributed by atoms with E-state index in [-0.39, 0.29) is 23.8 Å². The topological polar surface area (TPSA) is 81.8 Å². The molecule has 1 amide bonds. The van der Waals surface area contributed by atoms with Gasteiger partial charge in [0.1, 0.15) is 11.7 Å². The molecule has 0 aliphatic rings. The quantitative estimate of drug-likeness (QED) is 0.402. The number of nitrogens with zero attached hydrogens (tertiary/aromatic N) is 4. The van der Waals surface area contributed by atoms with Gasteiger partial charge in [0.15, 0.2) is 5.65 Å². The molecule has 0 aliphatic carbocycles. The van der Waals surface area contributed by atoms with Gasteiger partial charge in [-0.3, -0.25) is 15.0 Å². The second-order valence-corrected chi connectivity index (χ2v) is 8.59. The largest absolute Gasteiger partial charge is 0.283 e. The summed E-state index contributed by atoms with van der Waals surface area (Å²) in [7, 11) is 0. The first-order chi connectivity index (χ1) is 17.0. The second kappa shape index (κ2) is 9.38. The molecule has 1 N–H and O–H groups in total. The predicted octanol–water partition coefficient (Wildman–Crippen LogP) is 4.49. The van der Waals surface area contributed by atoms with Crippen LogP contribution in [-0.4, -0.2) is 25.3 Å². The highest BCUT2D eigenvalue weighted by atomic mass is 16.2. The van der Waals surface area contributed by atoms with Crippen molar-refractivity contribution in [1.29, 1.82) is 0 Å². The van der Waals surface area contributed by atoms with Gasteiger partial charge in [0.05, 0.1) is 11.9 Å². The Morgan fingerprint density at radius 3 is 2.20 bits per heavy atom. The van der Waals surface area contributed by atoms with E-state index >= 15 is 0 Å². The van der Waals surface area contributed by atoms with Gasteiger partial charge in [0, 0.05) is 12.3 Å². The molecule has 5 rings (SSSR count). The molecule has 7 nitrogen and oxygen atoms in total. The van der Waals surface area contributed by atoms with Crippen LogP contribution in [0.4, 0.5) is 0 Å². The maximum Gasteiger partial charge on any atom is 0.283 e. The summed E-state index contributed by atoms with van der Waals surface area (Å²) in [6.07, 6.45) is 3.00. The van der Waals surface area contributed by atoms with E-state index < -0.39 is 0 Å². The van der Waals surface area contributed by atoms with Gasteiger partial charge in [-0.05, 0) is 48.2 Å². The molecule has 7 heteroatoms. The Bertz CT molecular complexity index is 1520. The first-order valence-electron chi connectivity index (χ1n) is 11.4. The predicted molar refractivity (Wildman–Crippen MR) is 136 cm³/mol. The van der Waals surface area contributed by atoms with Gasteiger partial charge in [0.25, 0.3) is 5.56 Å². The van der Waals surface area contributed by atoms with Crippen LogP contribution in [0.5, 0.6) is 0 Å². The van der Waals surface area contributed by atoms with E-state index in [2.05, 4.69) is 15.5 Å². The van der Waals surface area contributed by atoms with Gasteiger partial charge in [-0.15, -0.1) is 0 Å². The number of carbonyl (C=O) groups excluding carboxylic acids is 1. The third kappa shape index (κ3) is 4.48. The second-order valence-electron chi connectivity index (χ2n) is 8.59. The lowest BCUT2D eigenvalue weighted by Crippen LogP contribution is -2.33. The van der Waals surface area contributed by atoms with Gasteiger partial charge in [0.2, 0.25) is 5.91 Å². The zero-order valence-electron chi connectivity index (χ0n) is 19.6. The summed E-state index contributed by atoms with van der Waals surface area (Å²) in [6.45, 7) is 4.07. The Balaban J connectivity index is 1.42. The zero-order valence-corrected chi connectivity index (χ0v) is 19.6. The van der Waals surface area contributed by atoms with Crippen molar-refractivity contribution in [2.45, 2.75) is 26.2 Å². The first kappa shape index (κ1) is 22.3. The fourth-order valence-electron chi connectivity index (χ4n) is 4.20. The van der Waals surface area contributed by atoms with Gasteiger partial charge >= 0.3 is 0 Å². The molecule has 2 aromatic heterocycles. The third-order valence-electron chi connectivity index (χ3n) is 6.26. The Labute approximate surface area is 202 Å². The molecule has 0 spiro atoms. The molecule has 0 fully saturated rings. The van der Waals surface area contributed by atoms with Crippen LogP contribution in [0.3, 0.4) is 0 Å². The number of fused-ring (bicyclic) bond motifs is 1. The van der Waals surface area contributed by atoms with Gasteiger partial charge in [-0.25, -0.2) is 14.3 Å². The Morgan fingerprint density at radius 1 is 0.914 bits per heavy atom. The molecular weight excluding hydrogens is 438 g/mol. The SMILES string of the molecule is Cc1ccc(-n2ncc3c(=O)n(NC(=O)CC(c4ccccc4)c4ccccc4)cnc32)cc1C. The van der Waals surface area contributed by atoms with Crippen molar-refractivity contribution in [1.82, 2.24) is 19.4 Å². The number of hydrogen-bond donors (Lipinski definition) is 1. The number of aromatic nitrogens is 4. The number of benzene rings is 3. The number of rotatable bonds is 6. The summed E-state index contributed by atoms with van der Waals surface area (Å²) < 4.78 is 2.76. The van der Waals surface area contributed by atoms with Crippen molar-refractivity contribution in [3.05, 3.63) is 124 Å². The summed E-state index contributed by atoms with van der Waals surface area (Å²) in [4.78, 5) is 30.6. The molecule has 0 unspecified atom stereocenters. The van der Waals surface area contributed by atoms with Gasteiger partial charge in [-0.2, -0.15) is 5.10 Å². The van der Waals surface area contributed by atoms with Crippen LogP contribution in [0, 0.1) is 13.8 Å². The van der Waals surface area contributed by atoms with E-state index in [1.54, 1.807) is 4.68 Å². The smallest absolute Gasteiger partial charge is 0.273 e. The van der Waals surface area contributed by atoms with Crippen molar-refractivity contribution in [3.8, 4) is 5.69 Å². The van der Waals surface area contributed by atoms with Crippen molar-refractivity contribution in [2.75, 3.05) is 5.43 Å². The maximum atomic E-state index is 13.1. The van der Waals surface area contributed by atoms with Crippen molar-refractivity contribution < 1.29 is 4.79 Å². The summed E-state index contributed by atoms with van der Waals surface area (Å²) in [5, 5.41) is 4.70. The van der Waals surface area contributed by atoms with Crippen LogP contribution >= 0.6 is 0 Å². The van der Waals surface area contributed by atoms with E-state index in [9.17, 15) is 9.59 Å². The number of carbonyl (C=O) groups is 1. The first-order valence-corrected chi connectivity index (χ1v) is 11.4. The van der Waals surface area contributed by atoms with Gasteiger partial charge in [-0.1, -0.05) is 66.7 Å². The van der Waals surface area contributed by atoms with Crippen LogP contribution in [0.1, 0.15) is 34.6 Å². The summed E-state index contributed by atoms with van der Waals surface area (Å²) in [6, 6.07) is 25.7. The molecule has 0 bridgehead atoms. The number of hydrogen-bond acceptors (Lipinski definition) is 4.